The van der Waals surface area contributed by atoms with E-state index in [-0.39, 0.29) is 17.4 Å². The first-order chi connectivity index (χ1) is 10.8. The number of non-ortho nitro benzene ring substituents is 1. The van der Waals surface area contributed by atoms with Crippen LogP contribution in [0, 0.1) is 16.0 Å². The molecule has 1 aromatic carbocycles. The van der Waals surface area contributed by atoms with Gasteiger partial charge in [-0.2, -0.15) is 0 Å². The first-order valence-electron chi connectivity index (χ1n) is 6.98. The molecule has 0 amide bonds. The molecule has 0 spiro atoms. The van der Waals surface area contributed by atoms with Gasteiger partial charge in [-0.25, -0.2) is 0 Å². The van der Waals surface area contributed by atoms with Crippen molar-refractivity contribution in [1.82, 2.24) is 10.6 Å². The van der Waals surface area contributed by atoms with Crippen LogP contribution in [-0.2, 0) is 9.53 Å². The molecule has 1 saturated heterocycles. The van der Waals surface area contributed by atoms with Crippen molar-refractivity contribution >= 4 is 29.0 Å². The van der Waals surface area contributed by atoms with Crippen molar-refractivity contribution < 1.29 is 19.6 Å². The first kappa shape index (κ1) is 17.1. The Morgan fingerprint density at radius 3 is 2.61 bits per heavy atom. The predicted octanol–water partition coefficient (Wildman–Crippen LogP) is 1.00. The SMILES string of the molecule is CCOC(=O)[C@@H]1[C@@H](c2ccc([N+](=O)[O-])cc2)NC(=S)N[C@]1(C)O. The summed E-state index contributed by atoms with van der Waals surface area (Å²) in [7, 11) is 0. The summed E-state index contributed by atoms with van der Waals surface area (Å²) in [4.78, 5) is 22.5. The van der Waals surface area contributed by atoms with Crippen molar-refractivity contribution in [2.75, 3.05) is 6.61 Å². The number of carbonyl (C=O) groups is 1. The van der Waals surface area contributed by atoms with Gasteiger partial charge in [0, 0.05) is 12.1 Å². The number of nitro benzene ring substituents is 1. The van der Waals surface area contributed by atoms with Crippen molar-refractivity contribution in [2.45, 2.75) is 25.6 Å². The van der Waals surface area contributed by atoms with Gasteiger partial charge in [0.1, 0.15) is 11.6 Å². The first-order valence-corrected chi connectivity index (χ1v) is 7.39. The third-order valence-corrected chi connectivity index (χ3v) is 3.82. The van der Waals surface area contributed by atoms with Gasteiger partial charge in [0.05, 0.1) is 17.6 Å². The van der Waals surface area contributed by atoms with Gasteiger partial charge < -0.3 is 20.5 Å². The van der Waals surface area contributed by atoms with E-state index in [1.165, 1.54) is 31.2 Å². The standard InChI is InChI=1S/C14H17N3O5S/c1-3-22-12(18)10-11(15-13(23)16-14(10,2)19)8-4-6-9(7-5-8)17(20)21/h4-7,10-11,19H,3H2,1-2H3,(H2,15,16,23)/t10-,11+,14+/m0/s1. The second-order valence-electron chi connectivity index (χ2n) is 5.30. The number of carbonyl (C=O) groups excluding carboxylic acids is 1. The maximum atomic E-state index is 12.3. The Bertz CT molecular complexity index is 632. The third kappa shape index (κ3) is 3.57. The summed E-state index contributed by atoms with van der Waals surface area (Å²) in [5, 5.41) is 27.0. The Balaban J connectivity index is 2.40. The second kappa shape index (κ2) is 6.47. The Labute approximate surface area is 138 Å². The molecule has 0 unspecified atom stereocenters. The minimum absolute atomic E-state index is 0.0651. The number of hydrogen-bond donors (Lipinski definition) is 3. The molecule has 2 rings (SSSR count). The van der Waals surface area contributed by atoms with Gasteiger partial charge in [-0.15, -0.1) is 0 Å². The summed E-state index contributed by atoms with van der Waals surface area (Å²) < 4.78 is 5.04. The average molecular weight is 339 g/mol. The topological polar surface area (TPSA) is 114 Å². The molecule has 0 radical (unpaired) electrons. The maximum Gasteiger partial charge on any atom is 0.316 e. The highest BCUT2D eigenvalue weighted by Gasteiger charge is 2.48. The van der Waals surface area contributed by atoms with E-state index in [1.54, 1.807) is 6.92 Å². The predicted molar refractivity (Wildman–Crippen MR) is 85.5 cm³/mol. The van der Waals surface area contributed by atoms with Gasteiger partial charge in [-0.05, 0) is 31.6 Å². The zero-order valence-electron chi connectivity index (χ0n) is 12.6. The fraction of sp³-hybridized carbons (Fsp3) is 0.429. The van der Waals surface area contributed by atoms with Gasteiger partial charge in [0.25, 0.3) is 5.69 Å². The van der Waals surface area contributed by atoms with Crippen LogP contribution in [0.3, 0.4) is 0 Å². The Morgan fingerprint density at radius 1 is 1.48 bits per heavy atom. The molecule has 1 fully saturated rings. The van der Waals surface area contributed by atoms with Crippen LogP contribution in [0.4, 0.5) is 5.69 Å². The van der Waals surface area contributed by atoms with Crippen molar-refractivity contribution in [3.05, 3.63) is 39.9 Å². The highest BCUT2D eigenvalue weighted by atomic mass is 32.1. The number of aliphatic hydroxyl groups is 1. The molecule has 8 nitrogen and oxygen atoms in total. The van der Waals surface area contributed by atoms with E-state index in [0.29, 0.717) is 5.56 Å². The molecular formula is C14H17N3O5S. The minimum Gasteiger partial charge on any atom is -0.466 e. The fourth-order valence-corrected chi connectivity index (χ4v) is 2.90. The molecule has 1 aromatic rings. The molecule has 1 aliphatic rings. The van der Waals surface area contributed by atoms with Crippen molar-refractivity contribution in [2.24, 2.45) is 5.92 Å². The minimum atomic E-state index is -1.61. The van der Waals surface area contributed by atoms with Crippen LogP contribution in [0.15, 0.2) is 24.3 Å². The van der Waals surface area contributed by atoms with Crippen LogP contribution in [0.25, 0.3) is 0 Å². The van der Waals surface area contributed by atoms with Crippen LogP contribution in [0.5, 0.6) is 0 Å². The fourth-order valence-electron chi connectivity index (χ4n) is 2.57. The average Bonchev–Trinajstić information content (AvgIpc) is 2.45. The van der Waals surface area contributed by atoms with Crippen LogP contribution in [0.2, 0.25) is 0 Å². The molecule has 3 N–H and O–H groups in total. The Morgan fingerprint density at radius 2 is 2.09 bits per heavy atom. The highest BCUT2D eigenvalue weighted by molar-refractivity contribution is 7.80. The van der Waals surface area contributed by atoms with E-state index >= 15 is 0 Å². The lowest BCUT2D eigenvalue weighted by molar-refractivity contribution is -0.384. The number of nitro groups is 1. The molecule has 0 bridgehead atoms. The maximum absolute atomic E-state index is 12.3. The number of hydrogen-bond acceptors (Lipinski definition) is 6. The lowest BCUT2D eigenvalue weighted by Gasteiger charge is -2.43. The molecule has 1 heterocycles. The van der Waals surface area contributed by atoms with Gasteiger partial charge in [-0.1, -0.05) is 12.1 Å². The van der Waals surface area contributed by atoms with Crippen LogP contribution in [-0.4, -0.2) is 33.4 Å². The largest absolute Gasteiger partial charge is 0.466 e. The molecule has 3 atom stereocenters. The van der Waals surface area contributed by atoms with E-state index in [9.17, 15) is 20.0 Å². The van der Waals surface area contributed by atoms with E-state index in [2.05, 4.69) is 10.6 Å². The number of rotatable bonds is 4. The number of esters is 1. The lowest BCUT2D eigenvalue weighted by Crippen LogP contribution is -2.65. The van der Waals surface area contributed by atoms with Crippen molar-refractivity contribution in [1.29, 1.82) is 0 Å². The van der Waals surface area contributed by atoms with E-state index in [4.69, 9.17) is 17.0 Å². The molecular weight excluding hydrogens is 322 g/mol. The lowest BCUT2D eigenvalue weighted by atomic mass is 9.83. The van der Waals surface area contributed by atoms with Crippen molar-refractivity contribution in [3.63, 3.8) is 0 Å². The van der Waals surface area contributed by atoms with Crippen LogP contribution < -0.4 is 10.6 Å². The molecule has 0 aromatic heterocycles. The van der Waals surface area contributed by atoms with Crippen LogP contribution in [0.1, 0.15) is 25.5 Å². The Kier molecular flexibility index (Phi) is 4.81. The molecule has 1 aliphatic heterocycles. The summed E-state index contributed by atoms with van der Waals surface area (Å²) in [6.45, 7) is 3.27. The Hall–Kier alpha value is -2.26. The summed E-state index contributed by atoms with van der Waals surface area (Å²) in [6.07, 6.45) is 0. The highest BCUT2D eigenvalue weighted by Crippen LogP contribution is 2.34. The number of ether oxygens (including phenoxy) is 1. The third-order valence-electron chi connectivity index (χ3n) is 3.60. The van der Waals surface area contributed by atoms with Crippen molar-refractivity contribution in [3.8, 4) is 0 Å². The van der Waals surface area contributed by atoms with Gasteiger partial charge in [0.15, 0.2) is 5.11 Å². The summed E-state index contributed by atoms with van der Waals surface area (Å²) in [5.74, 6) is -1.57. The molecule has 0 saturated carbocycles. The molecule has 124 valence electrons. The molecule has 23 heavy (non-hydrogen) atoms. The number of thiocarbonyl (C=S) groups is 1. The van der Waals surface area contributed by atoms with Gasteiger partial charge in [-0.3, -0.25) is 14.9 Å². The smallest absolute Gasteiger partial charge is 0.316 e. The normalized spacial score (nSPS) is 26.8. The molecule has 9 heteroatoms. The van der Waals surface area contributed by atoms with Gasteiger partial charge in [0.2, 0.25) is 0 Å². The molecule has 0 aliphatic carbocycles. The van der Waals surface area contributed by atoms with Crippen LogP contribution >= 0.6 is 12.2 Å². The van der Waals surface area contributed by atoms with E-state index < -0.39 is 28.6 Å². The second-order valence-corrected chi connectivity index (χ2v) is 5.71. The summed E-state index contributed by atoms with van der Waals surface area (Å²) >= 11 is 5.06. The summed E-state index contributed by atoms with van der Waals surface area (Å²) in [6, 6.07) is 5.04. The zero-order chi connectivity index (χ0) is 17.2. The van der Waals surface area contributed by atoms with Gasteiger partial charge >= 0.3 is 5.97 Å². The number of nitrogens with one attached hydrogen (secondary N) is 2. The number of benzene rings is 1. The summed E-state index contributed by atoms with van der Waals surface area (Å²) in [5.41, 5.74) is -1.09. The van der Waals surface area contributed by atoms with E-state index in [1.807, 2.05) is 0 Å². The number of nitrogens with zero attached hydrogens (tertiary/aromatic N) is 1. The zero-order valence-corrected chi connectivity index (χ0v) is 13.4. The monoisotopic (exact) mass is 339 g/mol. The quantitative estimate of drug-likeness (QED) is 0.322. The van der Waals surface area contributed by atoms with E-state index in [0.717, 1.165) is 0 Å².